The fourth-order valence-electron chi connectivity index (χ4n) is 2.21. The van der Waals surface area contributed by atoms with Crippen LogP contribution < -0.4 is 5.32 Å². The highest BCUT2D eigenvalue weighted by molar-refractivity contribution is 7.90. The van der Waals surface area contributed by atoms with Crippen LogP contribution in [0.15, 0.2) is 66.1 Å². The first-order valence-electron chi connectivity index (χ1n) is 6.81. The van der Waals surface area contributed by atoms with Crippen molar-refractivity contribution >= 4 is 21.4 Å². The molecule has 3 nitrogen and oxygen atoms in total. The SMILES string of the molecule is C=CCN[C@H](c1ccc(Cl)cc1)c1cccc(S(C)(=O)=O)c1. The molecule has 0 aliphatic rings. The van der Waals surface area contributed by atoms with Crippen LogP contribution in [0, 0.1) is 0 Å². The van der Waals surface area contributed by atoms with Crippen LogP contribution in [0.25, 0.3) is 0 Å². The molecular weight excluding hydrogens is 318 g/mol. The van der Waals surface area contributed by atoms with Crippen LogP contribution in [-0.2, 0) is 9.84 Å². The molecule has 116 valence electrons. The quantitative estimate of drug-likeness (QED) is 0.820. The first kappa shape index (κ1) is 16.7. The smallest absolute Gasteiger partial charge is 0.175 e. The molecule has 0 aliphatic carbocycles. The molecule has 2 aromatic carbocycles. The summed E-state index contributed by atoms with van der Waals surface area (Å²) < 4.78 is 23.5. The fraction of sp³-hybridized carbons (Fsp3) is 0.176. The number of benzene rings is 2. The molecule has 0 amide bonds. The van der Waals surface area contributed by atoms with Crippen LogP contribution in [0.4, 0.5) is 0 Å². The Morgan fingerprint density at radius 3 is 2.45 bits per heavy atom. The molecule has 2 rings (SSSR count). The van der Waals surface area contributed by atoms with E-state index in [1.807, 2.05) is 30.3 Å². The van der Waals surface area contributed by atoms with Crippen molar-refractivity contribution in [3.63, 3.8) is 0 Å². The normalized spacial score (nSPS) is 12.8. The van der Waals surface area contributed by atoms with Gasteiger partial charge in [0.2, 0.25) is 0 Å². The summed E-state index contributed by atoms with van der Waals surface area (Å²) in [6, 6.07) is 14.3. The Labute approximate surface area is 136 Å². The maximum absolute atomic E-state index is 11.7. The number of rotatable bonds is 6. The minimum absolute atomic E-state index is 0.128. The lowest BCUT2D eigenvalue weighted by Gasteiger charge is -2.20. The molecule has 0 heterocycles. The van der Waals surface area contributed by atoms with E-state index >= 15 is 0 Å². The van der Waals surface area contributed by atoms with Crippen molar-refractivity contribution in [1.82, 2.24) is 5.32 Å². The zero-order valence-corrected chi connectivity index (χ0v) is 13.9. The Hall–Kier alpha value is -1.62. The molecule has 5 heteroatoms. The van der Waals surface area contributed by atoms with Gasteiger partial charge in [0, 0.05) is 17.8 Å². The molecule has 0 unspecified atom stereocenters. The highest BCUT2D eigenvalue weighted by Crippen LogP contribution is 2.25. The summed E-state index contributed by atoms with van der Waals surface area (Å²) >= 11 is 5.94. The predicted octanol–water partition coefficient (Wildman–Crippen LogP) is 3.61. The van der Waals surface area contributed by atoms with E-state index in [1.165, 1.54) is 6.26 Å². The van der Waals surface area contributed by atoms with E-state index in [9.17, 15) is 8.42 Å². The average molecular weight is 336 g/mol. The molecule has 0 bridgehead atoms. The number of hydrogen-bond acceptors (Lipinski definition) is 3. The van der Waals surface area contributed by atoms with Crippen LogP contribution in [0.2, 0.25) is 5.02 Å². The molecule has 22 heavy (non-hydrogen) atoms. The van der Waals surface area contributed by atoms with Gasteiger partial charge in [-0.2, -0.15) is 0 Å². The second-order valence-corrected chi connectivity index (χ2v) is 7.48. The van der Waals surface area contributed by atoms with Crippen molar-refractivity contribution in [2.45, 2.75) is 10.9 Å². The van der Waals surface area contributed by atoms with Crippen molar-refractivity contribution < 1.29 is 8.42 Å². The average Bonchev–Trinajstić information content (AvgIpc) is 2.49. The summed E-state index contributed by atoms with van der Waals surface area (Å²) in [5, 5.41) is 4.01. The fourth-order valence-corrected chi connectivity index (χ4v) is 3.01. The summed E-state index contributed by atoms with van der Waals surface area (Å²) in [7, 11) is -3.24. The largest absolute Gasteiger partial charge is 0.303 e. The standard InChI is InChI=1S/C17H18ClNO2S/c1-3-11-19-17(13-7-9-15(18)10-8-13)14-5-4-6-16(12-14)22(2,20)21/h3-10,12,17,19H,1,11H2,2H3/t17-/m1/s1. The Kier molecular flexibility index (Phi) is 5.40. The maximum Gasteiger partial charge on any atom is 0.175 e. The molecule has 0 spiro atoms. The van der Waals surface area contributed by atoms with E-state index in [0.717, 1.165) is 11.1 Å². The van der Waals surface area contributed by atoms with Crippen molar-refractivity contribution in [3.05, 3.63) is 77.3 Å². The molecule has 1 atom stereocenters. The lowest BCUT2D eigenvalue weighted by molar-refractivity contribution is 0.601. The molecule has 0 aromatic heterocycles. The molecule has 0 fully saturated rings. The van der Waals surface area contributed by atoms with E-state index in [2.05, 4.69) is 11.9 Å². The lowest BCUT2D eigenvalue weighted by atomic mass is 9.99. The summed E-state index contributed by atoms with van der Waals surface area (Å²) in [6.07, 6.45) is 2.98. The Morgan fingerprint density at radius 2 is 1.86 bits per heavy atom. The number of nitrogens with one attached hydrogen (secondary N) is 1. The van der Waals surface area contributed by atoms with Crippen LogP contribution >= 0.6 is 11.6 Å². The van der Waals surface area contributed by atoms with E-state index in [0.29, 0.717) is 16.5 Å². The van der Waals surface area contributed by atoms with Gasteiger partial charge in [0.1, 0.15) is 0 Å². The molecule has 0 radical (unpaired) electrons. The summed E-state index contributed by atoms with van der Waals surface area (Å²) in [4.78, 5) is 0.310. The van der Waals surface area contributed by atoms with Gasteiger partial charge < -0.3 is 5.32 Å². The van der Waals surface area contributed by atoms with Crippen molar-refractivity contribution in [1.29, 1.82) is 0 Å². The number of sulfone groups is 1. The highest BCUT2D eigenvalue weighted by atomic mass is 35.5. The third kappa shape index (κ3) is 4.19. The van der Waals surface area contributed by atoms with Gasteiger partial charge in [-0.25, -0.2) is 8.42 Å². The molecule has 0 saturated heterocycles. The van der Waals surface area contributed by atoms with Gasteiger partial charge in [-0.15, -0.1) is 6.58 Å². The second-order valence-electron chi connectivity index (χ2n) is 5.03. The van der Waals surface area contributed by atoms with E-state index in [4.69, 9.17) is 11.6 Å². The van der Waals surface area contributed by atoms with Crippen molar-refractivity contribution in [3.8, 4) is 0 Å². The van der Waals surface area contributed by atoms with Crippen LogP contribution in [-0.4, -0.2) is 21.2 Å². The Bertz CT molecular complexity index is 754. The molecular formula is C17H18ClNO2S. The third-order valence-electron chi connectivity index (χ3n) is 3.29. The van der Waals surface area contributed by atoms with Gasteiger partial charge in [-0.05, 0) is 35.4 Å². The Morgan fingerprint density at radius 1 is 1.18 bits per heavy atom. The van der Waals surface area contributed by atoms with Crippen LogP contribution in [0.3, 0.4) is 0 Å². The number of halogens is 1. The van der Waals surface area contributed by atoms with E-state index < -0.39 is 9.84 Å². The second kappa shape index (κ2) is 7.09. The predicted molar refractivity (Wildman–Crippen MR) is 91.0 cm³/mol. The first-order chi connectivity index (χ1) is 10.4. The topological polar surface area (TPSA) is 46.2 Å². The molecule has 1 N–H and O–H groups in total. The van der Waals surface area contributed by atoms with Crippen LogP contribution in [0.1, 0.15) is 17.2 Å². The van der Waals surface area contributed by atoms with Crippen LogP contribution in [0.5, 0.6) is 0 Å². The molecule has 0 aliphatic heterocycles. The third-order valence-corrected chi connectivity index (χ3v) is 4.65. The zero-order valence-electron chi connectivity index (χ0n) is 12.3. The lowest BCUT2D eigenvalue weighted by Crippen LogP contribution is -2.22. The van der Waals surface area contributed by atoms with Gasteiger partial charge in [0.05, 0.1) is 10.9 Å². The minimum atomic E-state index is -3.24. The van der Waals surface area contributed by atoms with Gasteiger partial charge in [-0.1, -0.05) is 41.9 Å². The van der Waals surface area contributed by atoms with E-state index in [1.54, 1.807) is 24.3 Å². The maximum atomic E-state index is 11.7. The van der Waals surface area contributed by atoms with Gasteiger partial charge in [0.25, 0.3) is 0 Å². The van der Waals surface area contributed by atoms with Crippen molar-refractivity contribution in [2.75, 3.05) is 12.8 Å². The molecule has 2 aromatic rings. The summed E-state index contributed by atoms with van der Waals surface area (Å²) in [5.41, 5.74) is 1.89. The monoisotopic (exact) mass is 335 g/mol. The van der Waals surface area contributed by atoms with Gasteiger partial charge in [-0.3, -0.25) is 0 Å². The van der Waals surface area contributed by atoms with Crippen molar-refractivity contribution in [2.24, 2.45) is 0 Å². The Balaban J connectivity index is 2.45. The van der Waals surface area contributed by atoms with E-state index in [-0.39, 0.29) is 6.04 Å². The number of hydrogen-bond donors (Lipinski definition) is 1. The first-order valence-corrected chi connectivity index (χ1v) is 9.08. The highest BCUT2D eigenvalue weighted by Gasteiger charge is 2.15. The van der Waals surface area contributed by atoms with Gasteiger partial charge in [0.15, 0.2) is 9.84 Å². The minimum Gasteiger partial charge on any atom is -0.303 e. The molecule has 0 saturated carbocycles. The van der Waals surface area contributed by atoms with Gasteiger partial charge >= 0.3 is 0 Å². The zero-order chi connectivity index (χ0) is 16.2. The summed E-state index contributed by atoms with van der Waals surface area (Å²) in [5.74, 6) is 0. The summed E-state index contributed by atoms with van der Waals surface area (Å²) in [6.45, 7) is 4.32.